The molecule has 112 valence electrons. The monoisotopic (exact) mass is 351 g/mol. The van der Waals surface area contributed by atoms with E-state index in [-0.39, 0.29) is 12.3 Å². The van der Waals surface area contributed by atoms with Gasteiger partial charge in [-0.15, -0.1) is 0 Å². The van der Waals surface area contributed by atoms with Crippen molar-refractivity contribution in [2.45, 2.75) is 32.5 Å². The number of hydrogen-bond donors (Lipinski definition) is 0. The topological polar surface area (TPSA) is 20.3 Å². The van der Waals surface area contributed by atoms with Crippen molar-refractivity contribution in [3.05, 3.63) is 34.3 Å². The number of hydrogen-bond acceptors (Lipinski definition) is 2. The van der Waals surface area contributed by atoms with Crippen molar-refractivity contribution in [3.8, 4) is 0 Å². The average molecular weight is 352 g/mol. The van der Waals surface area contributed by atoms with Crippen LogP contribution in [0, 0.1) is 0 Å². The fraction of sp³-hybridized carbons (Fsp3) is 0.500. The Balaban J connectivity index is 2.85. The van der Waals surface area contributed by atoms with Gasteiger partial charge in [0.2, 0.25) is 0 Å². The summed E-state index contributed by atoms with van der Waals surface area (Å²) in [5.41, 5.74) is 0.420. The molecule has 0 N–H and O–H groups in total. The lowest BCUT2D eigenvalue weighted by molar-refractivity contribution is -0.148. The quantitative estimate of drug-likeness (QED) is 0.712. The van der Waals surface area contributed by atoms with Crippen LogP contribution in [-0.4, -0.2) is 36.0 Å². The van der Waals surface area contributed by atoms with E-state index in [0.717, 1.165) is 4.47 Å². The Bertz CT molecular complexity index is 445. The number of carbonyl (C=O) groups excluding carboxylic acids is 1. The minimum absolute atomic E-state index is 0.239. The van der Waals surface area contributed by atoms with E-state index in [9.17, 15) is 18.0 Å². The maximum Gasteiger partial charge on any atom is 0.401 e. The molecule has 20 heavy (non-hydrogen) atoms. The fourth-order valence-electron chi connectivity index (χ4n) is 1.95. The Hall–Kier alpha value is -0.880. The zero-order chi connectivity index (χ0) is 15.3. The van der Waals surface area contributed by atoms with Crippen molar-refractivity contribution in [3.63, 3.8) is 0 Å². The molecular formula is C14H17BrF3NO. The summed E-state index contributed by atoms with van der Waals surface area (Å²) in [6.45, 7) is 2.49. The first-order chi connectivity index (χ1) is 9.24. The van der Waals surface area contributed by atoms with E-state index in [2.05, 4.69) is 15.9 Å². The Labute approximate surface area is 125 Å². The summed E-state index contributed by atoms with van der Waals surface area (Å²) >= 11 is 3.25. The summed E-state index contributed by atoms with van der Waals surface area (Å²) in [6.07, 6.45) is -3.74. The lowest BCUT2D eigenvalue weighted by Crippen LogP contribution is -2.44. The molecule has 1 rings (SSSR count). The molecule has 0 fully saturated rings. The number of rotatable bonds is 6. The average Bonchev–Trinajstić information content (AvgIpc) is 2.36. The highest BCUT2D eigenvalue weighted by Crippen LogP contribution is 2.20. The zero-order valence-corrected chi connectivity index (χ0v) is 13.0. The number of benzene rings is 1. The molecule has 6 heteroatoms. The smallest absolute Gasteiger partial charge is 0.292 e. The third kappa shape index (κ3) is 5.25. The van der Waals surface area contributed by atoms with Gasteiger partial charge in [-0.1, -0.05) is 35.0 Å². The van der Waals surface area contributed by atoms with Crippen LogP contribution in [0.2, 0.25) is 0 Å². The van der Waals surface area contributed by atoms with E-state index in [4.69, 9.17) is 0 Å². The summed E-state index contributed by atoms with van der Waals surface area (Å²) in [5.74, 6) is -0.296. The second kappa shape index (κ2) is 7.22. The molecule has 0 saturated carbocycles. The standard InChI is InChI=1S/C14H17BrF3NO/c1-3-8-19(9-14(16,17)18)10(2)13(20)11-4-6-12(15)7-5-11/h4-7,10H,3,8-9H2,1-2H3. The Morgan fingerprint density at radius 2 is 1.85 bits per heavy atom. The first-order valence-corrected chi connectivity index (χ1v) is 7.14. The normalized spacial score (nSPS) is 13.6. The van der Waals surface area contributed by atoms with Gasteiger partial charge in [-0.05, 0) is 32.0 Å². The largest absolute Gasteiger partial charge is 0.401 e. The molecular weight excluding hydrogens is 335 g/mol. The Morgan fingerprint density at radius 3 is 2.30 bits per heavy atom. The van der Waals surface area contributed by atoms with Gasteiger partial charge in [0, 0.05) is 10.0 Å². The molecule has 0 saturated heterocycles. The van der Waals surface area contributed by atoms with Crippen LogP contribution in [-0.2, 0) is 0 Å². The van der Waals surface area contributed by atoms with Crippen molar-refractivity contribution >= 4 is 21.7 Å². The molecule has 1 aromatic carbocycles. The van der Waals surface area contributed by atoms with Crippen molar-refractivity contribution < 1.29 is 18.0 Å². The molecule has 1 aromatic rings. The molecule has 0 aliphatic heterocycles. The van der Waals surface area contributed by atoms with Gasteiger partial charge in [0.15, 0.2) is 5.78 Å². The van der Waals surface area contributed by atoms with E-state index < -0.39 is 18.8 Å². The van der Waals surface area contributed by atoms with E-state index in [0.29, 0.717) is 12.0 Å². The van der Waals surface area contributed by atoms with Crippen LogP contribution >= 0.6 is 15.9 Å². The predicted octanol–water partition coefficient (Wildman–Crippen LogP) is 4.29. The Kier molecular flexibility index (Phi) is 6.20. The molecule has 0 heterocycles. The van der Waals surface area contributed by atoms with Crippen molar-refractivity contribution in [1.29, 1.82) is 0 Å². The Morgan fingerprint density at radius 1 is 1.30 bits per heavy atom. The maximum absolute atomic E-state index is 12.5. The van der Waals surface area contributed by atoms with Gasteiger partial charge < -0.3 is 0 Å². The van der Waals surface area contributed by atoms with Crippen LogP contribution in [0.15, 0.2) is 28.7 Å². The van der Waals surface area contributed by atoms with E-state index in [1.54, 1.807) is 31.2 Å². The molecule has 0 aromatic heterocycles. The molecule has 0 aliphatic carbocycles. The maximum atomic E-state index is 12.5. The van der Waals surface area contributed by atoms with Crippen LogP contribution in [0.25, 0.3) is 0 Å². The summed E-state index contributed by atoms with van der Waals surface area (Å²) in [5, 5.41) is 0. The molecule has 2 nitrogen and oxygen atoms in total. The van der Waals surface area contributed by atoms with Gasteiger partial charge in [0.1, 0.15) is 0 Å². The first kappa shape index (κ1) is 17.2. The van der Waals surface area contributed by atoms with Crippen molar-refractivity contribution in [1.82, 2.24) is 4.90 Å². The molecule has 1 unspecified atom stereocenters. The third-order valence-electron chi connectivity index (χ3n) is 2.95. The summed E-state index contributed by atoms with van der Waals surface area (Å²) in [4.78, 5) is 13.4. The van der Waals surface area contributed by atoms with Gasteiger partial charge >= 0.3 is 6.18 Å². The SMILES string of the molecule is CCCN(CC(F)(F)F)C(C)C(=O)c1ccc(Br)cc1. The van der Waals surface area contributed by atoms with Crippen LogP contribution in [0.5, 0.6) is 0 Å². The first-order valence-electron chi connectivity index (χ1n) is 6.35. The lowest BCUT2D eigenvalue weighted by Gasteiger charge is -2.28. The summed E-state index contributed by atoms with van der Waals surface area (Å²) in [6, 6.07) is 5.83. The minimum Gasteiger partial charge on any atom is -0.292 e. The second-order valence-corrected chi connectivity index (χ2v) is 5.55. The molecule has 0 amide bonds. The van der Waals surface area contributed by atoms with E-state index in [1.165, 1.54) is 11.8 Å². The second-order valence-electron chi connectivity index (χ2n) is 4.63. The van der Waals surface area contributed by atoms with Crippen LogP contribution in [0.1, 0.15) is 30.6 Å². The number of Topliss-reactive ketones (excluding diaryl/α,β-unsaturated/α-hetero) is 1. The van der Waals surface area contributed by atoms with Crippen LogP contribution in [0.3, 0.4) is 0 Å². The molecule has 0 spiro atoms. The van der Waals surface area contributed by atoms with Crippen LogP contribution in [0.4, 0.5) is 13.2 Å². The number of nitrogens with zero attached hydrogens (tertiary/aromatic N) is 1. The van der Waals surface area contributed by atoms with E-state index >= 15 is 0 Å². The molecule has 0 aliphatic rings. The molecule has 0 bridgehead atoms. The molecule has 0 radical (unpaired) electrons. The highest BCUT2D eigenvalue weighted by molar-refractivity contribution is 9.10. The van der Waals surface area contributed by atoms with E-state index in [1.807, 2.05) is 0 Å². The highest BCUT2D eigenvalue weighted by atomic mass is 79.9. The predicted molar refractivity (Wildman–Crippen MR) is 75.9 cm³/mol. The lowest BCUT2D eigenvalue weighted by atomic mass is 10.0. The number of alkyl halides is 3. The van der Waals surface area contributed by atoms with Gasteiger partial charge in [-0.3, -0.25) is 9.69 Å². The van der Waals surface area contributed by atoms with Gasteiger partial charge in [-0.2, -0.15) is 13.2 Å². The van der Waals surface area contributed by atoms with Gasteiger partial charge in [-0.25, -0.2) is 0 Å². The van der Waals surface area contributed by atoms with Crippen molar-refractivity contribution in [2.24, 2.45) is 0 Å². The minimum atomic E-state index is -4.30. The zero-order valence-electron chi connectivity index (χ0n) is 11.4. The fourth-order valence-corrected chi connectivity index (χ4v) is 2.21. The highest BCUT2D eigenvalue weighted by Gasteiger charge is 2.34. The van der Waals surface area contributed by atoms with Crippen molar-refractivity contribution in [2.75, 3.05) is 13.1 Å². The number of ketones is 1. The van der Waals surface area contributed by atoms with Gasteiger partial charge in [0.25, 0.3) is 0 Å². The summed E-state index contributed by atoms with van der Waals surface area (Å²) in [7, 11) is 0. The third-order valence-corrected chi connectivity index (χ3v) is 3.48. The molecule has 1 atom stereocenters. The number of halogens is 4. The van der Waals surface area contributed by atoms with Crippen LogP contribution < -0.4 is 0 Å². The number of carbonyl (C=O) groups is 1. The summed E-state index contributed by atoms with van der Waals surface area (Å²) < 4.78 is 38.5. The van der Waals surface area contributed by atoms with Gasteiger partial charge in [0.05, 0.1) is 12.6 Å².